The van der Waals surface area contributed by atoms with E-state index in [1.54, 1.807) is 7.05 Å². The number of carbonyl (C=O) groups is 1. The van der Waals surface area contributed by atoms with Gasteiger partial charge in [0, 0.05) is 19.0 Å². The number of amides is 1. The average molecular weight is 315 g/mol. The summed E-state index contributed by atoms with van der Waals surface area (Å²) in [5.74, 6) is 1.05. The topological polar surface area (TPSA) is 50.4 Å². The Bertz CT molecular complexity index is 272. The van der Waals surface area contributed by atoms with Crippen LogP contribution in [0.1, 0.15) is 72.6 Å². The van der Waals surface area contributed by atoms with Gasteiger partial charge in [0.2, 0.25) is 0 Å². The van der Waals surface area contributed by atoms with E-state index in [1.807, 2.05) is 0 Å². The van der Waals surface area contributed by atoms with Crippen LogP contribution in [0.5, 0.6) is 0 Å². The van der Waals surface area contributed by atoms with Gasteiger partial charge in [-0.05, 0) is 31.7 Å². The Hall–Kier alpha value is -0.770. The van der Waals surface area contributed by atoms with Crippen LogP contribution in [0.2, 0.25) is 0 Å². The van der Waals surface area contributed by atoms with Crippen molar-refractivity contribution in [1.29, 1.82) is 0 Å². The molecular formula is C18H38N2O2. The number of unbranched alkanes of at least 4 members (excludes halogenated alkanes) is 2. The van der Waals surface area contributed by atoms with E-state index in [1.165, 1.54) is 38.5 Å². The molecule has 0 saturated heterocycles. The lowest BCUT2D eigenvalue weighted by molar-refractivity contribution is 0.101. The fourth-order valence-corrected chi connectivity index (χ4v) is 3.00. The normalized spacial score (nSPS) is 15.1. The van der Waals surface area contributed by atoms with Gasteiger partial charge in [0.15, 0.2) is 0 Å². The van der Waals surface area contributed by atoms with Gasteiger partial charge in [-0.2, -0.15) is 0 Å². The monoisotopic (exact) mass is 314 g/mol. The molecular weight excluding hydrogens is 276 g/mol. The lowest BCUT2D eigenvalue weighted by Crippen LogP contribution is -2.44. The lowest BCUT2D eigenvalue weighted by Gasteiger charge is -2.34. The van der Waals surface area contributed by atoms with Crippen LogP contribution in [0, 0.1) is 11.8 Å². The van der Waals surface area contributed by atoms with E-state index in [0.717, 1.165) is 13.0 Å². The van der Waals surface area contributed by atoms with Crippen LogP contribution >= 0.6 is 0 Å². The summed E-state index contributed by atoms with van der Waals surface area (Å²) in [7, 11) is 1.61. The van der Waals surface area contributed by atoms with E-state index >= 15 is 0 Å². The number of hydrogen-bond donors (Lipinski definition) is 2. The molecule has 4 nitrogen and oxygen atoms in total. The van der Waals surface area contributed by atoms with Crippen LogP contribution < -0.4 is 10.6 Å². The molecule has 0 saturated carbocycles. The van der Waals surface area contributed by atoms with Crippen LogP contribution in [0.15, 0.2) is 0 Å². The molecule has 0 aliphatic rings. The van der Waals surface area contributed by atoms with E-state index in [2.05, 4.69) is 38.3 Å². The quantitative estimate of drug-likeness (QED) is 0.497. The van der Waals surface area contributed by atoms with Crippen molar-refractivity contribution in [3.05, 3.63) is 0 Å². The maximum absolute atomic E-state index is 11.4. The largest absolute Gasteiger partial charge is 0.449 e. The Labute approximate surface area is 137 Å². The molecule has 2 N–H and O–H groups in total. The molecule has 0 bridgehead atoms. The SMILES string of the molecule is CCCCNC(C(CC)CCCC)C(CC)COC(=O)NC. The predicted octanol–water partition coefficient (Wildman–Crippen LogP) is 4.34. The second-order valence-corrected chi connectivity index (χ2v) is 6.16. The highest BCUT2D eigenvalue weighted by atomic mass is 16.5. The van der Waals surface area contributed by atoms with Crippen LogP contribution in [0.25, 0.3) is 0 Å². The van der Waals surface area contributed by atoms with Crippen molar-refractivity contribution in [3.8, 4) is 0 Å². The molecule has 0 aromatic heterocycles. The molecule has 1 amide bonds. The third-order valence-electron chi connectivity index (χ3n) is 4.54. The van der Waals surface area contributed by atoms with E-state index < -0.39 is 0 Å². The first-order valence-electron chi connectivity index (χ1n) is 9.22. The van der Waals surface area contributed by atoms with E-state index in [0.29, 0.717) is 24.5 Å². The number of nitrogens with one attached hydrogen (secondary N) is 2. The van der Waals surface area contributed by atoms with Gasteiger partial charge in [0.25, 0.3) is 0 Å². The van der Waals surface area contributed by atoms with Crippen LogP contribution in [0.4, 0.5) is 4.79 Å². The molecule has 0 aliphatic carbocycles. The van der Waals surface area contributed by atoms with Gasteiger partial charge < -0.3 is 15.4 Å². The molecule has 3 atom stereocenters. The average Bonchev–Trinajstić information content (AvgIpc) is 2.54. The Morgan fingerprint density at radius 2 is 1.64 bits per heavy atom. The summed E-state index contributed by atoms with van der Waals surface area (Å²) in [6, 6.07) is 0.442. The second kappa shape index (κ2) is 13.9. The van der Waals surface area contributed by atoms with Crippen molar-refractivity contribution in [2.75, 3.05) is 20.2 Å². The van der Waals surface area contributed by atoms with Gasteiger partial charge in [-0.1, -0.05) is 53.4 Å². The summed E-state index contributed by atoms with van der Waals surface area (Å²) >= 11 is 0. The maximum Gasteiger partial charge on any atom is 0.406 e. The summed E-state index contributed by atoms with van der Waals surface area (Å²) in [6.07, 6.45) is 8.06. The van der Waals surface area contributed by atoms with Crippen molar-refractivity contribution in [2.24, 2.45) is 11.8 Å². The van der Waals surface area contributed by atoms with Crippen molar-refractivity contribution in [1.82, 2.24) is 10.6 Å². The summed E-state index contributed by atoms with van der Waals surface area (Å²) in [5, 5.41) is 6.29. The van der Waals surface area contributed by atoms with Gasteiger partial charge in [-0.3, -0.25) is 0 Å². The Kier molecular flexibility index (Phi) is 13.4. The molecule has 0 fully saturated rings. The minimum Gasteiger partial charge on any atom is -0.449 e. The molecule has 0 heterocycles. The Morgan fingerprint density at radius 3 is 2.14 bits per heavy atom. The van der Waals surface area contributed by atoms with E-state index in [9.17, 15) is 4.79 Å². The van der Waals surface area contributed by atoms with E-state index in [-0.39, 0.29) is 6.09 Å². The minimum atomic E-state index is -0.327. The molecule has 0 rings (SSSR count). The predicted molar refractivity (Wildman–Crippen MR) is 94.2 cm³/mol. The van der Waals surface area contributed by atoms with Crippen LogP contribution in [0.3, 0.4) is 0 Å². The van der Waals surface area contributed by atoms with Gasteiger partial charge in [-0.15, -0.1) is 0 Å². The number of carbonyl (C=O) groups excluding carboxylic acids is 1. The number of alkyl carbamates (subject to hydrolysis) is 1. The Balaban J connectivity index is 4.76. The maximum atomic E-state index is 11.4. The zero-order chi connectivity index (χ0) is 16.8. The summed E-state index contributed by atoms with van der Waals surface area (Å²) in [5.41, 5.74) is 0. The van der Waals surface area contributed by atoms with Crippen LogP contribution in [-0.4, -0.2) is 32.3 Å². The van der Waals surface area contributed by atoms with Crippen LogP contribution in [-0.2, 0) is 4.74 Å². The fourth-order valence-electron chi connectivity index (χ4n) is 3.00. The first-order chi connectivity index (χ1) is 10.6. The third-order valence-corrected chi connectivity index (χ3v) is 4.54. The van der Waals surface area contributed by atoms with Crippen molar-refractivity contribution >= 4 is 6.09 Å². The zero-order valence-electron chi connectivity index (χ0n) is 15.4. The highest BCUT2D eigenvalue weighted by Crippen LogP contribution is 2.25. The lowest BCUT2D eigenvalue weighted by atomic mass is 9.82. The molecule has 22 heavy (non-hydrogen) atoms. The van der Waals surface area contributed by atoms with E-state index in [4.69, 9.17) is 4.74 Å². The molecule has 0 radical (unpaired) electrons. The molecule has 3 unspecified atom stereocenters. The number of rotatable bonds is 13. The fraction of sp³-hybridized carbons (Fsp3) is 0.944. The number of hydrogen-bond acceptors (Lipinski definition) is 3. The summed E-state index contributed by atoms with van der Waals surface area (Å²) in [4.78, 5) is 11.4. The van der Waals surface area contributed by atoms with Gasteiger partial charge in [0.05, 0.1) is 6.61 Å². The van der Waals surface area contributed by atoms with Gasteiger partial charge >= 0.3 is 6.09 Å². The first-order valence-corrected chi connectivity index (χ1v) is 9.22. The number of ether oxygens (including phenoxy) is 1. The van der Waals surface area contributed by atoms with Crippen molar-refractivity contribution in [3.63, 3.8) is 0 Å². The first kappa shape index (κ1) is 21.2. The Morgan fingerprint density at radius 1 is 1.00 bits per heavy atom. The summed E-state index contributed by atoms with van der Waals surface area (Å²) < 4.78 is 5.34. The minimum absolute atomic E-state index is 0.327. The van der Waals surface area contributed by atoms with Crippen molar-refractivity contribution < 1.29 is 9.53 Å². The smallest absolute Gasteiger partial charge is 0.406 e. The molecule has 0 aliphatic heterocycles. The molecule has 0 aromatic rings. The standard InChI is InChI=1S/C18H38N2O2/c1-6-10-12-15(8-3)17(20-13-11-7-2)16(9-4)14-22-18(21)19-5/h15-17,20H,6-14H2,1-5H3,(H,19,21). The van der Waals surface area contributed by atoms with Crippen molar-refractivity contribution in [2.45, 2.75) is 78.7 Å². The zero-order valence-corrected chi connectivity index (χ0v) is 15.4. The molecule has 4 heteroatoms. The molecule has 132 valence electrons. The molecule has 0 aromatic carbocycles. The summed E-state index contributed by atoms with van der Waals surface area (Å²) in [6.45, 7) is 10.5. The van der Waals surface area contributed by atoms with Gasteiger partial charge in [-0.25, -0.2) is 4.79 Å². The van der Waals surface area contributed by atoms with Gasteiger partial charge in [0.1, 0.15) is 0 Å². The highest BCUT2D eigenvalue weighted by Gasteiger charge is 2.27. The highest BCUT2D eigenvalue weighted by molar-refractivity contribution is 5.66. The second-order valence-electron chi connectivity index (χ2n) is 6.16. The third kappa shape index (κ3) is 8.62. The molecule has 0 spiro atoms.